The lowest BCUT2D eigenvalue weighted by molar-refractivity contribution is -0.116. The maximum Gasteiger partial charge on any atom is 0.224 e. The zero-order valence-electron chi connectivity index (χ0n) is 17.2. The smallest absolute Gasteiger partial charge is 0.224 e. The summed E-state index contributed by atoms with van der Waals surface area (Å²) in [6.07, 6.45) is 5.03. The molecule has 1 aromatic carbocycles. The van der Waals surface area contributed by atoms with Crippen molar-refractivity contribution in [1.82, 2.24) is 19.7 Å². The van der Waals surface area contributed by atoms with Gasteiger partial charge < -0.3 is 10.2 Å². The standard InChI is InChI=1S/C22H25BrN6O/c1-15-19(9-10-22(30)26-18-7-5-17(23)6-8-18)16(2)29(27-15)21-13-20(24-14-25-21)28-11-3-4-12-28/h5-8,13-14H,3-4,9-12H2,1-2H3,(H,26,30). The Morgan fingerprint density at radius 1 is 1.10 bits per heavy atom. The van der Waals surface area contributed by atoms with Crippen LogP contribution in [0.3, 0.4) is 0 Å². The number of nitrogens with zero attached hydrogens (tertiary/aromatic N) is 5. The van der Waals surface area contributed by atoms with Gasteiger partial charge in [-0.05, 0) is 62.9 Å². The topological polar surface area (TPSA) is 75.9 Å². The zero-order chi connectivity index (χ0) is 21.1. The Balaban J connectivity index is 1.46. The van der Waals surface area contributed by atoms with Crippen LogP contribution in [0, 0.1) is 13.8 Å². The first-order valence-corrected chi connectivity index (χ1v) is 11.0. The summed E-state index contributed by atoms with van der Waals surface area (Å²) in [6, 6.07) is 9.57. The molecule has 0 bridgehead atoms. The normalized spacial score (nSPS) is 13.6. The van der Waals surface area contributed by atoms with Crippen LogP contribution in [0.15, 0.2) is 41.1 Å². The monoisotopic (exact) mass is 468 g/mol. The average Bonchev–Trinajstić information content (AvgIpc) is 3.37. The maximum atomic E-state index is 12.4. The van der Waals surface area contributed by atoms with Crippen molar-refractivity contribution in [2.45, 2.75) is 39.5 Å². The van der Waals surface area contributed by atoms with E-state index in [1.807, 2.05) is 48.9 Å². The molecule has 30 heavy (non-hydrogen) atoms. The molecule has 3 heterocycles. The van der Waals surface area contributed by atoms with Crippen LogP contribution < -0.4 is 10.2 Å². The number of anilines is 2. The second kappa shape index (κ2) is 8.95. The van der Waals surface area contributed by atoms with Gasteiger partial charge in [0.2, 0.25) is 5.91 Å². The Bertz CT molecular complexity index is 1040. The van der Waals surface area contributed by atoms with Crippen molar-refractivity contribution in [2.75, 3.05) is 23.3 Å². The molecule has 0 saturated carbocycles. The molecule has 0 aliphatic carbocycles. The molecule has 3 aromatic rings. The summed E-state index contributed by atoms with van der Waals surface area (Å²) >= 11 is 3.40. The summed E-state index contributed by atoms with van der Waals surface area (Å²) in [5.74, 6) is 1.70. The fourth-order valence-corrected chi connectivity index (χ4v) is 4.09. The molecule has 0 spiro atoms. The molecular formula is C22H25BrN6O. The summed E-state index contributed by atoms with van der Waals surface area (Å²) in [7, 11) is 0. The van der Waals surface area contributed by atoms with Gasteiger partial charge in [-0.15, -0.1) is 0 Å². The number of hydrogen-bond acceptors (Lipinski definition) is 5. The van der Waals surface area contributed by atoms with Gasteiger partial charge in [-0.3, -0.25) is 4.79 Å². The van der Waals surface area contributed by atoms with Crippen molar-refractivity contribution in [3.05, 3.63) is 58.1 Å². The van der Waals surface area contributed by atoms with Gasteiger partial charge in [0, 0.05) is 41.4 Å². The first kappa shape index (κ1) is 20.5. The third-order valence-corrected chi connectivity index (χ3v) is 5.99. The van der Waals surface area contributed by atoms with Crippen LogP contribution in [0.2, 0.25) is 0 Å². The van der Waals surface area contributed by atoms with Crippen molar-refractivity contribution >= 4 is 33.3 Å². The molecule has 1 N–H and O–H groups in total. The SMILES string of the molecule is Cc1nn(-c2cc(N3CCCC3)ncn2)c(C)c1CCC(=O)Nc1ccc(Br)cc1. The van der Waals surface area contributed by atoms with E-state index in [0.29, 0.717) is 12.8 Å². The van der Waals surface area contributed by atoms with Gasteiger partial charge in [0.15, 0.2) is 5.82 Å². The molecule has 7 nitrogen and oxygen atoms in total. The molecule has 1 saturated heterocycles. The molecular weight excluding hydrogens is 444 g/mol. The zero-order valence-corrected chi connectivity index (χ0v) is 18.8. The second-order valence-electron chi connectivity index (χ2n) is 7.54. The molecule has 1 aliphatic heterocycles. The summed E-state index contributed by atoms with van der Waals surface area (Å²) < 4.78 is 2.84. The lowest BCUT2D eigenvalue weighted by atomic mass is 10.1. The predicted molar refractivity (Wildman–Crippen MR) is 121 cm³/mol. The fraction of sp³-hybridized carbons (Fsp3) is 0.364. The van der Waals surface area contributed by atoms with Crippen LogP contribution in [0.1, 0.15) is 36.2 Å². The van der Waals surface area contributed by atoms with Crippen molar-refractivity contribution in [3.8, 4) is 5.82 Å². The van der Waals surface area contributed by atoms with E-state index in [1.54, 1.807) is 6.33 Å². The minimum Gasteiger partial charge on any atom is -0.356 e. The van der Waals surface area contributed by atoms with E-state index in [1.165, 1.54) is 12.8 Å². The van der Waals surface area contributed by atoms with E-state index in [2.05, 4.69) is 36.1 Å². The number of rotatable bonds is 6. The first-order chi connectivity index (χ1) is 14.5. The Morgan fingerprint density at radius 2 is 1.80 bits per heavy atom. The number of amides is 1. The summed E-state index contributed by atoms with van der Waals surface area (Å²) in [5, 5.41) is 7.63. The predicted octanol–water partition coefficient (Wildman–Crippen LogP) is 4.21. The molecule has 0 radical (unpaired) electrons. The summed E-state index contributed by atoms with van der Waals surface area (Å²) in [5.41, 5.74) is 3.81. The Hall–Kier alpha value is -2.74. The molecule has 1 amide bonds. The molecule has 2 aromatic heterocycles. The summed E-state index contributed by atoms with van der Waals surface area (Å²) in [4.78, 5) is 23.5. The largest absolute Gasteiger partial charge is 0.356 e. The van der Waals surface area contributed by atoms with Gasteiger partial charge in [-0.25, -0.2) is 14.6 Å². The third kappa shape index (κ3) is 4.53. The van der Waals surface area contributed by atoms with Gasteiger partial charge >= 0.3 is 0 Å². The fourth-order valence-electron chi connectivity index (χ4n) is 3.83. The van der Waals surface area contributed by atoms with Crippen molar-refractivity contribution in [2.24, 2.45) is 0 Å². The Morgan fingerprint density at radius 3 is 2.53 bits per heavy atom. The average molecular weight is 469 g/mol. The first-order valence-electron chi connectivity index (χ1n) is 10.2. The van der Waals surface area contributed by atoms with Crippen LogP contribution in [0.25, 0.3) is 5.82 Å². The number of carbonyl (C=O) groups is 1. The minimum absolute atomic E-state index is 0.0118. The van der Waals surface area contributed by atoms with E-state index in [9.17, 15) is 4.79 Å². The van der Waals surface area contributed by atoms with E-state index in [-0.39, 0.29) is 5.91 Å². The van der Waals surface area contributed by atoms with Crippen LogP contribution in [0.5, 0.6) is 0 Å². The quantitative estimate of drug-likeness (QED) is 0.586. The number of carbonyl (C=O) groups excluding carboxylic acids is 1. The van der Waals surface area contributed by atoms with Crippen molar-refractivity contribution < 1.29 is 4.79 Å². The van der Waals surface area contributed by atoms with Gasteiger partial charge in [0.25, 0.3) is 0 Å². The number of benzene rings is 1. The van der Waals surface area contributed by atoms with Gasteiger partial charge in [0.1, 0.15) is 12.1 Å². The van der Waals surface area contributed by atoms with Crippen LogP contribution in [-0.2, 0) is 11.2 Å². The van der Waals surface area contributed by atoms with Crippen molar-refractivity contribution in [3.63, 3.8) is 0 Å². The molecule has 0 unspecified atom stereocenters. The van der Waals surface area contributed by atoms with Crippen molar-refractivity contribution in [1.29, 1.82) is 0 Å². The molecule has 8 heteroatoms. The summed E-state index contributed by atoms with van der Waals surface area (Å²) in [6.45, 7) is 6.08. The molecule has 1 fully saturated rings. The van der Waals surface area contributed by atoms with E-state index >= 15 is 0 Å². The maximum absolute atomic E-state index is 12.4. The number of hydrogen-bond donors (Lipinski definition) is 1. The molecule has 4 rings (SSSR count). The van der Waals surface area contributed by atoms with E-state index in [4.69, 9.17) is 5.10 Å². The van der Waals surface area contributed by atoms with Crippen LogP contribution in [-0.4, -0.2) is 38.7 Å². The van der Waals surface area contributed by atoms with Crippen LogP contribution >= 0.6 is 15.9 Å². The number of halogens is 1. The second-order valence-corrected chi connectivity index (χ2v) is 8.46. The highest BCUT2D eigenvalue weighted by Crippen LogP contribution is 2.22. The lowest BCUT2D eigenvalue weighted by Crippen LogP contribution is -2.19. The van der Waals surface area contributed by atoms with E-state index in [0.717, 1.165) is 51.8 Å². The number of nitrogens with one attached hydrogen (secondary N) is 1. The Labute approximate surface area is 184 Å². The minimum atomic E-state index is -0.0118. The van der Waals surface area contributed by atoms with Gasteiger partial charge in [0.05, 0.1) is 5.69 Å². The molecule has 156 valence electrons. The van der Waals surface area contributed by atoms with Gasteiger partial charge in [-0.2, -0.15) is 5.10 Å². The number of aryl methyl sites for hydroxylation is 1. The molecule has 1 aliphatic rings. The third-order valence-electron chi connectivity index (χ3n) is 5.46. The van der Waals surface area contributed by atoms with E-state index < -0.39 is 0 Å². The lowest BCUT2D eigenvalue weighted by Gasteiger charge is -2.16. The Kier molecular flexibility index (Phi) is 6.13. The highest BCUT2D eigenvalue weighted by atomic mass is 79.9. The number of aromatic nitrogens is 4. The highest BCUT2D eigenvalue weighted by Gasteiger charge is 2.18. The highest BCUT2D eigenvalue weighted by molar-refractivity contribution is 9.10. The molecule has 0 atom stereocenters. The van der Waals surface area contributed by atoms with Gasteiger partial charge in [-0.1, -0.05) is 15.9 Å². The van der Waals surface area contributed by atoms with Crippen LogP contribution in [0.4, 0.5) is 11.5 Å².